The molecule has 1 fully saturated rings. The van der Waals surface area contributed by atoms with Crippen molar-refractivity contribution in [1.29, 1.82) is 0 Å². The molecular weight excluding hydrogens is 224 g/mol. The van der Waals surface area contributed by atoms with Crippen LogP contribution in [-0.2, 0) is 9.59 Å². The second kappa shape index (κ2) is 10.3. The highest BCUT2D eigenvalue weighted by Crippen LogP contribution is 2.17. The minimum absolute atomic E-state index is 0.0115. The highest BCUT2D eigenvalue weighted by Gasteiger charge is 2.12. The molecule has 0 unspecified atom stereocenters. The normalized spacial score (nSPS) is 26.0. The Hall–Kier alpha value is -0.660. The van der Waals surface area contributed by atoms with Crippen LogP contribution in [0, 0.1) is 5.92 Å². The van der Waals surface area contributed by atoms with Crippen molar-refractivity contribution in [1.82, 2.24) is 0 Å². The quantitative estimate of drug-likeness (QED) is 0.646. The molecule has 0 amide bonds. The molecule has 2 heteroatoms. The van der Waals surface area contributed by atoms with Gasteiger partial charge in [-0.25, -0.2) is 0 Å². The second-order valence-corrected chi connectivity index (χ2v) is 5.71. The summed E-state index contributed by atoms with van der Waals surface area (Å²) in [7, 11) is 0. The molecule has 0 aromatic rings. The molecule has 18 heavy (non-hydrogen) atoms. The number of aldehydes is 1. The van der Waals surface area contributed by atoms with Crippen LogP contribution in [0.2, 0.25) is 0 Å². The van der Waals surface area contributed by atoms with Gasteiger partial charge in [-0.2, -0.15) is 0 Å². The largest absolute Gasteiger partial charge is 0.303 e. The Balaban J connectivity index is 2.32. The molecule has 0 radical (unpaired) electrons. The fourth-order valence-electron chi connectivity index (χ4n) is 2.76. The zero-order valence-electron chi connectivity index (χ0n) is 11.7. The van der Waals surface area contributed by atoms with Crippen molar-refractivity contribution in [3.05, 3.63) is 0 Å². The van der Waals surface area contributed by atoms with Crippen LogP contribution < -0.4 is 0 Å². The van der Waals surface area contributed by atoms with E-state index in [1.807, 2.05) is 0 Å². The Morgan fingerprint density at radius 1 is 0.778 bits per heavy atom. The second-order valence-electron chi connectivity index (χ2n) is 5.71. The summed E-state index contributed by atoms with van der Waals surface area (Å²) in [5, 5.41) is 0. The molecule has 0 heterocycles. The van der Waals surface area contributed by atoms with Crippen molar-refractivity contribution in [2.24, 2.45) is 5.92 Å². The summed E-state index contributed by atoms with van der Waals surface area (Å²) in [6, 6.07) is 0. The van der Waals surface area contributed by atoms with Gasteiger partial charge in [0, 0.05) is 18.8 Å². The van der Waals surface area contributed by atoms with E-state index in [0.29, 0.717) is 18.6 Å². The smallest absolute Gasteiger partial charge is 0.133 e. The first-order valence-electron chi connectivity index (χ1n) is 7.80. The molecule has 104 valence electrons. The van der Waals surface area contributed by atoms with E-state index in [4.69, 9.17) is 0 Å². The lowest BCUT2D eigenvalue weighted by molar-refractivity contribution is -0.123. The number of ketones is 1. The topological polar surface area (TPSA) is 34.1 Å². The van der Waals surface area contributed by atoms with E-state index in [1.54, 1.807) is 0 Å². The average molecular weight is 252 g/mol. The van der Waals surface area contributed by atoms with Crippen LogP contribution in [0.4, 0.5) is 0 Å². The number of carbonyl (C=O) groups is 2. The lowest BCUT2D eigenvalue weighted by Gasteiger charge is -2.09. The monoisotopic (exact) mass is 252 g/mol. The van der Waals surface area contributed by atoms with Gasteiger partial charge in [-0.05, 0) is 12.8 Å². The third-order valence-corrected chi connectivity index (χ3v) is 3.96. The molecule has 2 nitrogen and oxygen atoms in total. The van der Waals surface area contributed by atoms with E-state index >= 15 is 0 Å². The van der Waals surface area contributed by atoms with Crippen molar-refractivity contribution in [3.63, 3.8) is 0 Å². The summed E-state index contributed by atoms with van der Waals surface area (Å²) in [4.78, 5) is 22.7. The van der Waals surface area contributed by atoms with Crippen LogP contribution in [-0.4, -0.2) is 12.1 Å². The zero-order chi connectivity index (χ0) is 13.1. The standard InChI is InChI=1S/C16H28O2/c17-14-15-11-9-7-5-3-1-2-4-6-8-10-12-16(18)13-15/h14-15H,1-13H2/t15-/m1/s1. The molecule has 0 N–H and O–H groups in total. The molecule has 1 aliphatic rings. The summed E-state index contributed by atoms with van der Waals surface area (Å²) in [6.07, 6.45) is 15.5. The van der Waals surface area contributed by atoms with Gasteiger partial charge in [0.05, 0.1) is 0 Å². The highest BCUT2D eigenvalue weighted by molar-refractivity contribution is 5.81. The van der Waals surface area contributed by atoms with Crippen LogP contribution >= 0.6 is 0 Å². The molecule has 1 rings (SSSR count). The Labute approximate surface area is 112 Å². The maximum absolute atomic E-state index is 11.7. The van der Waals surface area contributed by atoms with Crippen LogP contribution in [0.25, 0.3) is 0 Å². The Morgan fingerprint density at radius 3 is 1.83 bits per heavy atom. The fourth-order valence-corrected chi connectivity index (χ4v) is 2.76. The minimum atomic E-state index is -0.0115. The van der Waals surface area contributed by atoms with Gasteiger partial charge in [0.15, 0.2) is 0 Å². The van der Waals surface area contributed by atoms with Gasteiger partial charge in [-0.3, -0.25) is 4.79 Å². The van der Waals surface area contributed by atoms with Gasteiger partial charge in [0.2, 0.25) is 0 Å². The predicted molar refractivity (Wildman–Crippen MR) is 74.6 cm³/mol. The van der Waals surface area contributed by atoms with Crippen LogP contribution in [0.15, 0.2) is 0 Å². The number of rotatable bonds is 1. The molecule has 0 aromatic carbocycles. The van der Waals surface area contributed by atoms with Crippen molar-refractivity contribution >= 4 is 12.1 Å². The first-order valence-corrected chi connectivity index (χ1v) is 7.80. The van der Waals surface area contributed by atoms with Gasteiger partial charge < -0.3 is 4.79 Å². The highest BCUT2D eigenvalue weighted by atomic mass is 16.1. The molecule has 0 spiro atoms. The molecule has 1 aliphatic carbocycles. The van der Waals surface area contributed by atoms with E-state index < -0.39 is 0 Å². The van der Waals surface area contributed by atoms with E-state index in [9.17, 15) is 9.59 Å². The van der Waals surface area contributed by atoms with E-state index in [2.05, 4.69) is 0 Å². The number of Topliss-reactive ketones (excluding diaryl/α,β-unsaturated/α-hetero) is 1. The molecule has 1 atom stereocenters. The number of carbonyl (C=O) groups excluding carboxylic acids is 2. The van der Waals surface area contributed by atoms with Crippen molar-refractivity contribution in [3.8, 4) is 0 Å². The average Bonchev–Trinajstić information content (AvgIpc) is 2.38. The molecule has 0 saturated heterocycles. The first kappa shape index (κ1) is 15.4. The van der Waals surface area contributed by atoms with E-state index in [1.165, 1.54) is 51.4 Å². The van der Waals surface area contributed by atoms with E-state index in [-0.39, 0.29) is 5.92 Å². The predicted octanol–water partition coefficient (Wildman–Crippen LogP) is 4.46. The lowest BCUT2D eigenvalue weighted by atomic mass is 9.95. The third-order valence-electron chi connectivity index (χ3n) is 3.96. The van der Waals surface area contributed by atoms with Crippen molar-refractivity contribution < 1.29 is 9.59 Å². The number of hydrogen-bond donors (Lipinski definition) is 0. The minimum Gasteiger partial charge on any atom is -0.303 e. The Bertz CT molecular complexity index is 235. The Morgan fingerprint density at radius 2 is 1.28 bits per heavy atom. The zero-order valence-corrected chi connectivity index (χ0v) is 11.7. The molecule has 0 aliphatic heterocycles. The van der Waals surface area contributed by atoms with Crippen LogP contribution in [0.3, 0.4) is 0 Å². The SMILES string of the molecule is O=C[C@@H]1CCCCCCCCCCCCC(=O)C1. The summed E-state index contributed by atoms with van der Waals surface area (Å²) in [6.45, 7) is 0. The van der Waals surface area contributed by atoms with Gasteiger partial charge >= 0.3 is 0 Å². The van der Waals surface area contributed by atoms with E-state index in [0.717, 1.165) is 25.5 Å². The summed E-state index contributed by atoms with van der Waals surface area (Å²) < 4.78 is 0. The summed E-state index contributed by atoms with van der Waals surface area (Å²) in [5.41, 5.74) is 0. The summed E-state index contributed by atoms with van der Waals surface area (Å²) >= 11 is 0. The maximum atomic E-state index is 11.7. The van der Waals surface area contributed by atoms with Crippen molar-refractivity contribution in [2.45, 2.75) is 83.5 Å². The summed E-state index contributed by atoms with van der Waals surface area (Å²) in [5.74, 6) is 0.282. The molecule has 0 bridgehead atoms. The third kappa shape index (κ3) is 7.62. The molecular formula is C16H28O2. The van der Waals surface area contributed by atoms with Gasteiger partial charge in [-0.15, -0.1) is 0 Å². The van der Waals surface area contributed by atoms with Crippen molar-refractivity contribution in [2.75, 3.05) is 0 Å². The Kier molecular flexibility index (Phi) is 8.79. The fraction of sp³-hybridized carbons (Fsp3) is 0.875. The van der Waals surface area contributed by atoms with Crippen LogP contribution in [0.1, 0.15) is 83.5 Å². The maximum Gasteiger partial charge on any atom is 0.133 e. The van der Waals surface area contributed by atoms with Gasteiger partial charge in [-0.1, -0.05) is 57.8 Å². The molecule has 1 saturated carbocycles. The van der Waals surface area contributed by atoms with Gasteiger partial charge in [0.1, 0.15) is 12.1 Å². The lowest BCUT2D eigenvalue weighted by Crippen LogP contribution is -2.10. The van der Waals surface area contributed by atoms with Gasteiger partial charge in [0.25, 0.3) is 0 Å². The van der Waals surface area contributed by atoms with Crippen LogP contribution in [0.5, 0.6) is 0 Å². The first-order chi connectivity index (χ1) is 8.83. The molecule has 0 aromatic heterocycles. The number of hydrogen-bond acceptors (Lipinski definition) is 2.